The van der Waals surface area contributed by atoms with Crippen molar-refractivity contribution in [2.45, 2.75) is 44.9 Å². The highest BCUT2D eigenvalue weighted by Gasteiger charge is 2.32. The highest BCUT2D eigenvalue weighted by atomic mass is 35.5. The summed E-state index contributed by atoms with van der Waals surface area (Å²) >= 11 is 7.30. The monoisotopic (exact) mass is 391 g/mol. The van der Waals surface area contributed by atoms with Crippen LogP contribution in [0.25, 0.3) is 0 Å². The lowest BCUT2D eigenvalue weighted by atomic mass is 10.1. The number of carbonyl (C=O) groups excluding carboxylic acids is 2. The second-order valence-corrected chi connectivity index (χ2v) is 7.90. The summed E-state index contributed by atoms with van der Waals surface area (Å²) in [6, 6.07) is 6.70. The van der Waals surface area contributed by atoms with Crippen molar-refractivity contribution in [3.63, 3.8) is 0 Å². The van der Waals surface area contributed by atoms with Gasteiger partial charge in [0.1, 0.15) is 0 Å². The van der Waals surface area contributed by atoms with Gasteiger partial charge in [-0.3, -0.25) is 14.9 Å². The van der Waals surface area contributed by atoms with E-state index in [0.717, 1.165) is 42.7 Å². The van der Waals surface area contributed by atoms with E-state index in [-0.39, 0.29) is 17.7 Å². The van der Waals surface area contributed by atoms with Gasteiger partial charge < -0.3 is 5.32 Å². The minimum Gasteiger partial charge on any atom is -0.356 e. The van der Waals surface area contributed by atoms with Crippen LogP contribution in [0.1, 0.15) is 59.5 Å². The summed E-state index contributed by atoms with van der Waals surface area (Å²) in [5, 5.41) is 6.95. The summed E-state index contributed by atoms with van der Waals surface area (Å²) < 4.78 is 0. The number of amides is 2. The first-order chi connectivity index (χ1) is 12.6. The fourth-order valence-corrected chi connectivity index (χ4v) is 4.18. The number of nitrogens with one attached hydrogen (secondary N) is 2. The van der Waals surface area contributed by atoms with Crippen LogP contribution in [0, 0.1) is 0 Å². The number of fused-ring (bicyclic) bond motifs is 1. The van der Waals surface area contributed by atoms with Crippen LogP contribution in [-0.2, 0) is 11.2 Å². The SMILES string of the molecule is CCCCCNC(=O)C1CCc2sc(NC(=O)c3ccc(Cl)cc3)nc21. The van der Waals surface area contributed by atoms with Crippen LogP contribution in [-0.4, -0.2) is 23.3 Å². The number of aryl methyl sites for hydroxylation is 1. The van der Waals surface area contributed by atoms with Crippen molar-refractivity contribution in [2.75, 3.05) is 11.9 Å². The number of halogens is 1. The zero-order chi connectivity index (χ0) is 18.5. The van der Waals surface area contributed by atoms with Gasteiger partial charge in [-0.1, -0.05) is 31.4 Å². The van der Waals surface area contributed by atoms with Crippen LogP contribution in [0.5, 0.6) is 0 Å². The molecule has 1 unspecified atom stereocenters. The van der Waals surface area contributed by atoms with Crippen molar-refractivity contribution in [3.8, 4) is 0 Å². The number of rotatable bonds is 7. The van der Waals surface area contributed by atoms with Gasteiger partial charge in [0.2, 0.25) is 5.91 Å². The fraction of sp³-hybridized carbons (Fsp3) is 0.421. The van der Waals surface area contributed by atoms with E-state index in [0.29, 0.717) is 22.3 Å². The fourth-order valence-electron chi connectivity index (χ4n) is 3.02. The Balaban J connectivity index is 1.62. The third-order valence-electron chi connectivity index (χ3n) is 4.44. The van der Waals surface area contributed by atoms with Crippen LogP contribution in [0.3, 0.4) is 0 Å². The van der Waals surface area contributed by atoms with E-state index in [9.17, 15) is 9.59 Å². The number of unbranched alkanes of at least 4 members (excludes halogenated alkanes) is 2. The molecule has 1 aromatic carbocycles. The average Bonchev–Trinajstić information content (AvgIpc) is 3.19. The first-order valence-corrected chi connectivity index (χ1v) is 10.1. The Morgan fingerprint density at radius 3 is 2.77 bits per heavy atom. The molecule has 2 amide bonds. The summed E-state index contributed by atoms with van der Waals surface area (Å²) in [6.07, 6.45) is 4.87. The van der Waals surface area contributed by atoms with Gasteiger partial charge in [0, 0.05) is 22.0 Å². The van der Waals surface area contributed by atoms with E-state index in [1.807, 2.05) is 0 Å². The van der Waals surface area contributed by atoms with Crippen molar-refractivity contribution in [3.05, 3.63) is 45.4 Å². The number of anilines is 1. The summed E-state index contributed by atoms with van der Waals surface area (Å²) in [4.78, 5) is 30.3. The number of hydrogen-bond donors (Lipinski definition) is 2. The van der Waals surface area contributed by atoms with Gasteiger partial charge in [-0.25, -0.2) is 4.98 Å². The lowest BCUT2D eigenvalue weighted by Crippen LogP contribution is -2.29. The number of hydrogen-bond acceptors (Lipinski definition) is 4. The molecule has 0 saturated carbocycles. The van der Waals surface area contributed by atoms with Crippen molar-refractivity contribution in [2.24, 2.45) is 0 Å². The largest absolute Gasteiger partial charge is 0.356 e. The maximum atomic E-state index is 12.4. The van der Waals surface area contributed by atoms with Gasteiger partial charge in [-0.15, -0.1) is 11.3 Å². The molecule has 7 heteroatoms. The zero-order valence-electron chi connectivity index (χ0n) is 14.7. The van der Waals surface area contributed by atoms with Crippen LogP contribution in [0.15, 0.2) is 24.3 Å². The lowest BCUT2D eigenvalue weighted by Gasteiger charge is -2.10. The third-order valence-corrected chi connectivity index (χ3v) is 5.74. The summed E-state index contributed by atoms with van der Waals surface area (Å²) in [5.41, 5.74) is 1.34. The molecule has 1 aromatic heterocycles. The topological polar surface area (TPSA) is 71.1 Å². The molecule has 0 radical (unpaired) electrons. The highest BCUT2D eigenvalue weighted by molar-refractivity contribution is 7.16. The van der Waals surface area contributed by atoms with Gasteiger partial charge in [-0.2, -0.15) is 0 Å². The van der Waals surface area contributed by atoms with E-state index < -0.39 is 0 Å². The van der Waals surface area contributed by atoms with Gasteiger partial charge in [0.15, 0.2) is 5.13 Å². The Labute approximate surface area is 162 Å². The normalized spacial score (nSPS) is 15.5. The maximum absolute atomic E-state index is 12.4. The van der Waals surface area contributed by atoms with E-state index in [4.69, 9.17) is 11.6 Å². The molecule has 26 heavy (non-hydrogen) atoms. The molecule has 0 saturated heterocycles. The van der Waals surface area contributed by atoms with Gasteiger partial charge in [0.25, 0.3) is 5.91 Å². The molecular weight excluding hydrogens is 370 g/mol. The molecule has 1 aliphatic carbocycles. The molecule has 0 aliphatic heterocycles. The first-order valence-electron chi connectivity index (χ1n) is 8.92. The molecule has 3 rings (SSSR count). The molecule has 0 bridgehead atoms. The van der Waals surface area contributed by atoms with Gasteiger partial charge in [-0.05, 0) is 43.5 Å². The van der Waals surface area contributed by atoms with Crippen LogP contribution < -0.4 is 10.6 Å². The second-order valence-electron chi connectivity index (χ2n) is 6.38. The number of thiazole rings is 1. The highest BCUT2D eigenvalue weighted by Crippen LogP contribution is 2.38. The summed E-state index contributed by atoms with van der Waals surface area (Å²) in [5.74, 6) is -0.389. The molecule has 5 nitrogen and oxygen atoms in total. The molecule has 1 aliphatic rings. The quantitative estimate of drug-likeness (QED) is 0.688. The molecule has 0 fully saturated rings. The molecule has 2 aromatic rings. The summed E-state index contributed by atoms with van der Waals surface area (Å²) in [7, 11) is 0. The smallest absolute Gasteiger partial charge is 0.257 e. The number of aromatic nitrogens is 1. The Bertz CT molecular complexity index is 789. The maximum Gasteiger partial charge on any atom is 0.257 e. The number of carbonyl (C=O) groups is 2. The Morgan fingerprint density at radius 2 is 2.04 bits per heavy atom. The minimum absolute atomic E-state index is 0.0423. The van der Waals surface area contributed by atoms with Gasteiger partial charge in [0.05, 0.1) is 11.6 Å². The molecule has 1 atom stereocenters. The lowest BCUT2D eigenvalue weighted by molar-refractivity contribution is -0.122. The van der Waals surface area contributed by atoms with E-state index in [1.165, 1.54) is 11.3 Å². The van der Waals surface area contributed by atoms with Crippen LogP contribution >= 0.6 is 22.9 Å². The zero-order valence-corrected chi connectivity index (χ0v) is 16.3. The third kappa shape index (κ3) is 4.43. The Morgan fingerprint density at radius 1 is 1.27 bits per heavy atom. The van der Waals surface area contributed by atoms with Crippen LogP contribution in [0.2, 0.25) is 5.02 Å². The standard InChI is InChI=1S/C19H22ClN3O2S/c1-2-3-4-11-21-18(25)14-9-10-15-16(14)22-19(26-15)23-17(24)12-5-7-13(20)8-6-12/h5-8,14H,2-4,9-11H2,1H3,(H,21,25)(H,22,23,24). The molecule has 1 heterocycles. The predicted molar refractivity (Wildman–Crippen MR) is 105 cm³/mol. The Hall–Kier alpha value is -1.92. The summed E-state index contributed by atoms with van der Waals surface area (Å²) in [6.45, 7) is 2.85. The second kappa shape index (κ2) is 8.64. The minimum atomic E-state index is -0.227. The number of nitrogens with zero attached hydrogens (tertiary/aromatic N) is 1. The van der Waals surface area contributed by atoms with Crippen molar-refractivity contribution in [1.29, 1.82) is 0 Å². The van der Waals surface area contributed by atoms with E-state index >= 15 is 0 Å². The van der Waals surface area contributed by atoms with E-state index in [2.05, 4.69) is 22.5 Å². The molecule has 0 spiro atoms. The first kappa shape index (κ1) is 18.9. The van der Waals surface area contributed by atoms with Crippen molar-refractivity contribution < 1.29 is 9.59 Å². The predicted octanol–water partition coefficient (Wildman–Crippen LogP) is 4.39. The van der Waals surface area contributed by atoms with Crippen LogP contribution in [0.4, 0.5) is 5.13 Å². The average molecular weight is 392 g/mol. The Kier molecular flexibility index (Phi) is 6.27. The van der Waals surface area contributed by atoms with E-state index in [1.54, 1.807) is 24.3 Å². The number of benzene rings is 1. The van der Waals surface area contributed by atoms with Crippen molar-refractivity contribution in [1.82, 2.24) is 10.3 Å². The van der Waals surface area contributed by atoms with Gasteiger partial charge >= 0.3 is 0 Å². The molecule has 2 N–H and O–H groups in total. The van der Waals surface area contributed by atoms with Crippen molar-refractivity contribution >= 4 is 39.9 Å². The molecule has 138 valence electrons. The molecular formula is C19H22ClN3O2S.